The molecule has 2 aromatic rings. The van der Waals surface area contributed by atoms with Gasteiger partial charge in [-0.3, -0.25) is 9.78 Å². The molecular formula is C16H16N2O2S. The van der Waals surface area contributed by atoms with Crippen molar-refractivity contribution in [3.63, 3.8) is 0 Å². The van der Waals surface area contributed by atoms with E-state index in [-0.39, 0.29) is 12.5 Å². The Balaban J connectivity index is 1.99. The zero-order valence-electron chi connectivity index (χ0n) is 11.9. The zero-order chi connectivity index (χ0) is 15.2. The van der Waals surface area contributed by atoms with Crippen LogP contribution in [0.4, 0.5) is 0 Å². The number of amides is 1. The maximum Gasteiger partial charge on any atom is 0.253 e. The van der Waals surface area contributed by atoms with Crippen LogP contribution >= 0.6 is 11.3 Å². The lowest BCUT2D eigenvalue weighted by atomic mass is 10.1. The normalized spacial score (nSPS) is 9.86. The molecule has 0 unspecified atom stereocenters. The highest BCUT2D eigenvalue weighted by molar-refractivity contribution is 7.12. The fourth-order valence-corrected chi connectivity index (χ4v) is 2.68. The van der Waals surface area contributed by atoms with Crippen molar-refractivity contribution in [3.8, 4) is 11.8 Å². The van der Waals surface area contributed by atoms with Crippen molar-refractivity contribution in [2.45, 2.75) is 20.4 Å². The Hall–Kier alpha value is -2.16. The molecule has 0 bridgehead atoms. The molecule has 0 atom stereocenters. The largest absolute Gasteiger partial charge is 0.384 e. The Labute approximate surface area is 127 Å². The molecule has 0 saturated heterocycles. The van der Waals surface area contributed by atoms with Gasteiger partial charge in [0.2, 0.25) is 0 Å². The van der Waals surface area contributed by atoms with Crippen LogP contribution in [0.2, 0.25) is 0 Å². The average molecular weight is 300 g/mol. The maximum absolute atomic E-state index is 12.1. The highest BCUT2D eigenvalue weighted by atomic mass is 32.1. The van der Waals surface area contributed by atoms with Crippen molar-refractivity contribution < 1.29 is 9.90 Å². The molecule has 21 heavy (non-hydrogen) atoms. The Morgan fingerprint density at radius 2 is 2.14 bits per heavy atom. The summed E-state index contributed by atoms with van der Waals surface area (Å²) in [5.41, 5.74) is 2.22. The second-order valence-electron chi connectivity index (χ2n) is 4.49. The van der Waals surface area contributed by atoms with E-state index in [9.17, 15) is 4.79 Å². The summed E-state index contributed by atoms with van der Waals surface area (Å²) >= 11 is 1.50. The molecule has 1 amide bonds. The highest BCUT2D eigenvalue weighted by Gasteiger charge is 2.10. The first-order chi connectivity index (χ1) is 10.1. The standard InChI is InChI=1S/C16H16N2O2S/c1-11-5-8-15(12(2)18-11)16(20)17-10-14-7-6-13(21-14)4-3-9-19/h5-8,19H,9-10H2,1-2H3,(H,17,20). The van der Waals surface area contributed by atoms with Crippen LogP contribution in [0.3, 0.4) is 0 Å². The molecule has 2 heterocycles. The first kappa shape index (κ1) is 15.2. The van der Waals surface area contributed by atoms with Crippen LogP contribution in [0.15, 0.2) is 24.3 Å². The molecule has 0 spiro atoms. The third-order valence-electron chi connectivity index (χ3n) is 2.85. The highest BCUT2D eigenvalue weighted by Crippen LogP contribution is 2.15. The number of aliphatic hydroxyl groups is 1. The second-order valence-corrected chi connectivity index (χ2v) is 5.66. The van der Waals surface area contributed by atoms with Crippen molar-refractivity contribution >= 4 is 17.2 Å². The first-order valence-corrected chi connectivity index (χ1v) is 7.32. The van der Waals surface area contributed by atoms with Crippen LogP contribution in [-0.4, -0.2) is 22.6 Å². The van der Waals surface area contributed by atoms with Gasteiger partial charge in [-0.2, -0.15) is 0 Å². The molecule has 2 N–H and O–H groups in total. The lowest BCUT2D eigenvalue weighted by molar-refractivity contribution is 0.0950. The summed E-state index contributed by atoms with van der Waals surface area (Å²) in [5, 5.41) is 11.5. The summed E-state index contributed by atoms with van der Waals surface area (Å²) < 4.78 is 0. The topological polar surface area (TPSA) is 62.2 Å². The van der Waals surface area contributed by atoms with Crippen LogP contribution in [0.5, 0.6) is 0 Å². The molecular weight excluding hydrogens is 284 g/mol. The number of carbonyl (C=O) groups is 1. The predicted molar refractivity (Wildman–Crippen MR) is 83.2 cm³/mol. The third-order valence-corrected chi connectivity index (χ3v) is 3.85. The van der Waals surface area contributed by atoms with Gasteiger partial charge in [0, 0.05) is 10.6 Å². The van der Waals surface area contributed by atoms with Crippen LogP contribution < -0.4 is 5.32 Å². The monoisotopic (exact) mass is 300 g/mol. The summed E-state index contributed by atoms with van der Waals surface area (Å²) in [4.78, 5) is 18.3. The van der Waals surface area contributed by atoms with Crippen LogP contribution in [0.25, 0.3) is 0 Å². The van der Waals surface area contributed by atoms with Gasteiger partial charge in [-0.25, -0.2) is 0 Å². The van der Waals surface area contributed by atoms with Crippen molar-refractivity contribution in [3.05, 3.63) is 51.0 Å². The number of nitrogens with one attached hydrogen (secondary N) is 1. The van der Waals surface area contributed by atoms with E-state index in [4.69, 9.17) is 5.11 Å². The predicted octanol–water partition coefficient (Wildman–Crippen LogP) is 2.03. The molecule has 2 rings (SSSR count). The van der Waals surface area contributed by atoms with Crippen molar-refractivity contribution in [2.75, 3.05) is 6.61 Å². The molecule has 0 aliphatic carbocycles. The van der Waals surface area contributed by atoms with Gasteiger partial charge in [-0.1, -0.05) is 11.8 Å². The fourth-order valence-electron chi connectivity index (χ4n) is 1.86. The zero-order valence-corrected chi connectivity index (χ0v) is 12.8. The van der Waals surface area contributed by atoms with E-state index in [1.54, 1.807) is 6.07 Å². The van der Waals surface area contributed by atoms with E-state index in [0.29, 0.717) is 12.1 Å². The molecule has 4 nitrogen and oxygen atoms in total. The van der Waals surface area contributed by atoms with Crippen LogP contribution in [0, 0.1) is 25.7 Å². The number of carbonyl (C=O) groups excluding carboxylic acids is 1. The van der Waals surface area contributed by atoms with Gasteiger partial charge < -0.3 is 10.4 Å². The number of nitrogens with zero attached hydrogens (tertiary/aromatic N) is 1. The van der Waals surface area contributed by atoms with Crippen molar-refractivity contribution in [1.82, 2.24) is 10.3 Å². The number of aryl methyl sites for hydroxylation is 2. The van der Waals surface area contributed by atoms with Crippen LogP contribution in [-0.2, 0) is 6.54 Å². The lowest BCUT2D eigenvalue weighted by Gasteiger charge is -2.06. The number of hydrogen-bond acceptors (Lipinski definition) is 4. The number of pyridine rings is 1. The summed E-state index contributed by atoms with van der Waals surface area (Å²) in [6.45, 7) is 4.03. The van der Waals surface area contributed by atoms with Crippen LogP contribution in [0.1, 0.15) is 31.5 Å². The van der Waals surface area contributed by atoms with Gasteiger partial charge >= 0.3 is 0 Å². The minimum atomic E-state index is -0.149. The summed E-state index contributed by atoms with van der Waals surface area (Å²) in [6.07, 6.45) is 0. The molecule has 2 aromatic heterocycles. The fraction of sp³-hybridized carbons (Fsp3) is 0.250. The molecule has 0 aromatic carbocycles. The SMILES string of the molecule is Cc1ccc(C(=O)NCc2ccc(C#CCO)s2)c(C)n1. The molecule has 5 heteroatoms. The van der Waals surface area contributed by atoms with E-state index in [0.717, 1.165) is 21.1 Å². The summed E-state index contributed by atoms with van der Waals surface area (Å²) in [5.74, 6) is 5.32. The first-order valence-electron chi connectivity index (χ1n) is 6.51. The van der Waals surface area contributed by atoms with E-state index in [2.05, 4.69) is 22.1 Å². The number of rotatable bonds is 3. The molecule has 0 aliphatic heterocycles. The maximum atomic E-state index is 12.1. The Kier molecular flexibility index (Phi) is 5.09. The van der Waals surface area contributed by atoms with E-state index in [1.807, 2.05) is 32.0 Å². The smallest absolute Gasteiger partial charge is 0.253 e. The van der Waals surface area contributed by atoms with Gasteiger partial charge in [0.05, 0.1) is 22.7 Å². The van der Waals surface area contributed by atoms with Gasteiger partial charge in [-0.05, 0) is 38.1 Å². The summed E-state index contributed by atoms with van der Waals surface area (Å²) in [7, 11) is 0. The molecule has 108 valence electrons. The third kappa shape index (κ3) is 4.15. The quantitative estimate of drug-likeness (QED) is 0.853. The van der Waals surface area contributed by atoms with E-state index >= 15 is 0 Å². The average Bonchev–Trinajstić information content (AvgIpc) is 2.90. The number of aliphatic hydroxyl groups excluding tert-OH is 1. The molecule has 0 radical (unpaired) electrons. The van der Waals surface area contributed by atoms with Gasteiger partial charge in [0.1, 0.15) is 6.61 Å². The molecule has 0 aliphatic rings. The van der Waals surface area contributed by atoms with Crippen molar-refractivity contribution in [2.24, 2.45) is 0 Å². The van der Waals surface area contributed by atoms with Gasteiger partial charge in [0.15, 0.2) is 0 Å². The van der Waals surface area contributed by atoms with E-state index < -0.39 is 0 Å². The van der Waals surface area contributed by atoms with E-state index in [1.165, 1.54) is 11.3 Å². The molecule has 0 fully saturated rings. The minimum absolute atomic E-state index is 0.128. The second kappa shape index (κ2) is 7.02. The number of thiophene rings is 1. The summed E-state index contributed by atoms with van der Waals surface area (Å²) in [6, 6.07) is 7.43. The van der Waals surface area contributed by atoms with Gasteiger partial charge in [0.25, 0.3) is 5.91 Å². The lowest BCUT2D eigenvalue weighted by Crippen LogP contribution is -2.23. The molecule has 0 saturated carbocycles. The Morgan fingerprint density at radius 3 is 2.86 bits per heavy atom. The number of hydrogen-bond donors (Lipinski definition) is 2. The van der Waals surface area contributed by atoms with Gasteiger partial charge in [-0.15, -0.1) is 11.3 Å². The Bertz CT molecular complexity index is 711. The minimum Gasteiger partial charge on any atom is -0.384 e. The number of aromatic nitrogens is 1. The van der Waals surface area contributed by atoms with Crippen molar-refractivity contribution in [1.29, 1.82) is 0 Å². The Morgan fingerprint density at radius 1 is 1.33 bits per heavy atom.